The van der Waals surface area contributed by atoms with Crippen molar-refractivity contribution in [2.75, 3.05) is 6.54 Å². The van der Waals surface area contributed by atoms with Crippen molar-refractivity contribution in [3.8, 4) is 0 Å². The summed E-state index contributed by atoms with van der Waals surface area (Å²) in [5, 5.41) is 9.74. The van der Waals surface area contributed by atoms with Gasteiger partial charge < -0.3 is 10.8 Å². The van der Waals surface area contributed by atoms with Crippen molar-refractivity contribution in [3.63, 3.8) is 0 Å². The van der Waals surface area contributed by atoms with E-state index in [0.29, 0.717) is 6.42 Å². The van der Waals surface area contributed by atoms with Gasteiger partial charge in [0.05, 0.1) is 5.60 Å². The zero-order valence-electron chi connectivity index (χ0n) is 9.91. The fraction of sp³-hybridized carbons (Fsp3) is 0.500. The molecule has 0 aromatic heterocycles. The Morgan fingerprint density at radius 1 is 1.47 bits per heavy atom. The summed E-state index contributed by atoms with van der Waals surface area (Å²) in [6.45, 7) is 3.62. The van der Waals surface area contributed by atoms with Gasteiger partial charge in [-0.25, -0.2) is 8.78 Å². The summed E-state index contributed by atoms with van der Waals surface area (Å²) in [6.07, 6.45) is 0.421. The summed E-state index contributed by atoms with van der Waals surface area (Å²) in [7, 11) is 0. The van der Waals surface area contributed by atoms with E-state index in [1.165, 1.54) is 11.8 Å². The molecule has 0 saturated heterocycles. The largest absolute Gasteiger partial charge is 0.389 e. The van der Waals surface area contributed by atoms with Crippen molar-refractivity contribution >= 4 is 11.8 Å². The third-order valence-electron chi connectivity index (χ3n) is 2.39. The summed E-state index contributed by atoms with van der Waals surface area (Å²) in [5.74, 6) is -0.915. The molecule has 0 radical (unpaired) electrons. The Morgan fingerprint density at radius 3 is 2.71 bits per heavy atom. The first kappa shape index (κ1) is 14.4. The highest BCUT2D eigenvalue weighted by atomic mass is 32.2. The number of hydrogen-bond acceptors (Lipinski definition) is 3. The Bertz CT molecular complexity index is 385. The van der Waals surface area contributed by atoms with Crippen LogP contribution in [0.5, 0.6) is 0 Å². The van der Waals surface area contributed by atoms with Gasteiger partial charge in [-0.3, -0.25) is 0 Å². The van der Waals surface area contributed by atoms with Crippen LogP contribution in [-0.4, -0.2) is 22.5 Å². The molecule has 1 aromatic carbocycles. The number of rotatable bonds is 5. The monoisotopic (exact) mass is 261 g/mol. The van der Waals surface area contributed by atoms with Crippen molar-refractivity contribution < 1.29 is 13.9 Å². The van der Waals surface area contributed by atoms with Crippen molar-refractivity contribution in [3.05, 3.63) is 29.8 Å². The van der Waals surface area contributed by atoms with Crippen molar-refractivity contribution in [1.29, 1.82) is 0 Å². The number of nitrogens with two attached hydrogens (primary N) is 1. The molecule has 2 nitrogen and oxygen atoms in total. The van der Waals surface area contributed by atoms with Gasteiger partial charge in [-0.2, -0.15) is 0 Å². The second-order valence-corrected chi connectivity index (χ2v) is 5.89. The van der Waals surface area contributed by atoms with Gasteiger partial charge in [-0.15, -0.1) is 11.8 Å². The molecule has 0 aliphatic rings. The average molecular weight is 261 g/mol. The molecular formula is C12H17F2NOS. The number of thioether (sulfide) groups is 1. The standard InChI is InChI=1S/C12H17F2NOS/c1-8(6-12(2,16)7-15)17-11-5-9(13)3-4-10(11)14/h3-5,8,16H,6-7,15H2,1-2H3. The van der Waals surface area contributed by atoms with Crippen LogP contribution in [0.2, 0.25) is 0 Å². The fourth-order valence-corrected chi connectivity index (χ4v) is 2.77. The molecular weight excluding hydrogens is 244 g/mol. The number of benzene rings is 1. The molecule has 3 N–H and O–H groups in total. The third-order valence-corrected chi connectivity index (χ3v) is 3.52. The summed E-state index contributed by atoms with van der Waals surface area (Å²) in [5.41, 5.74) is 4.43. The van der Waals surface area contributed by atoms with Gasteiger partial charge in [0.25, 0.3) is 0 Å². The van der Waals surface area contributed by atoms with Gasteiger partial charge in [0.15, 0.2) is 0 Å². The first-order chi connectivity index (χ1) is 7.84. The van der Waals surface area contributed by atoms with Crippen LogP contribution in [0.4, 0.5) is 8.78 Å². The summed E-state index contributed by atoms with van der Waals surface area (Å²) in [4.78, 5) is 0.255. The molecule has 2 atom stereocenters. The highest BCUT2D eigenvalue weighted by Crippen LogP contribution is 2.30. The second kappa shape index (κ2) is 5.80. The Kier molecular flexibility index (Phi) is 4.91. The Labute approximate surface area is 104 Å². The predicted molar refractivity (Wildman–Crippen MR) is 66.0 cm³/mol. The lowest BCUT2D eigenvalue weighted by Crippen LogP contribution is -2.36. The average Bonchev–Trinajstić information content (AvgIpc) is 2.23. The second-order valence-electron chi connectivity index (χ2n) is 4.41. The Balaban J connectivity index is 2.68. The van der Waals surface area contributed by atoms with Crippen LogP contribution < -0.4 is 5.73 Å². The first-order valence-electron chi connectivity index (χ1n) is 5.38. The molecule has 0 bridgehead atoms. The maximum atomic E-state index is 13.4. The lowest BCUT2D eigenvalue weighted by Gasteiger charge is -2.24. The van der Waals surface area contributed by atoms with Gasteiger partial charge >= 0.3 is 0 Å². The van der Waals surface area contributed by atoms with Crippen LogP contribution >= 0.6 is 11.8 Å². The molecule has 0 amide bonds. The normalized spacial score (nSPS) is 16.6. The minimum atomic E-state index is -0.976. The van der Waals surface area contributed by atoms with Gasteiger partial charge in [-0.1, -0.05) is 6.92 Å². The molecule has 1 aromatic rings. The lowest BCUT2D eigenvalue weighted by atomic mass is 10.0. The zero-order valence-corrected chi connectivity index (χ0v) is 10.7. The van der Waals surface area contributed by atoms with Crippen molar-refractivity contribution in [2.45, 2.75) is 36.0 Å². The highest BCUT2D eigenvalue weighted by molar-refractivity contribution is 8.00. The Hall–Kier alpha value is -0.650. The molecule has 1 rings (SSSR count). The molecule has 5 heteroatoms. The molecule has 17 heavy (non-hydrogen) atoms. The van der Waals surface area contributed by atoms with E-state index in [0.717, 1.165) is 18.2 Å². The van der Waals surface area contributed by atoms with Crippen molar-refractivity contribution in [2.24, 2.45) is 5.73 Å². The summed E-state index contributed by atoms with van der Waals surface area (Å²) >= 11 is 1.20. The van der Waals surface area contributed by atoms with E-state index in [-0.39, 0.29) is 16.7 Å². The van der Waals surface area contributed by atoms with Crippen LogP contribution in [-0.2, 0) is 0 Å². The molecule has 0 heterocycles. The fourth-order valence-electron chi connectivity index (χ4n) is 1.53. The maximum absolute atomic E-state index is 13.4. The minimum Gasteiger partial charge on any atom is -0.389 e. The molecule has 96 valence electrons. The van der Waals surface area contributed by atoms with E-state index >= 15 is 0 Å². The van der Waals surface area contributed by atoms with Crippen LogP contribution in [0.1, 0.15) is 20.3 Å². The number of aliphatic hydroxyl groups is 1. The smallest absolute Gasteiger partial charge is 0.136 e. The van der Waals surface area contributed by atoms with Crippen molar-refractivity contribution in [1.82, 2.24) is 0 Å². The van der Waals surface area contributed by atoms with E-state index in [2.05, 4.69) is 0 Å². The highest BCUT2D eigenvalue weighted by Gasteiger charge is 2.22. The molecule has 0 saturated carbocycles. The van der Waals surface area contributed by atoms with Crippen LogP contribution in [0.15, 0.2) is 23.1 Å². The maximum Gasteiger partial charge on any atom is 0.136 e. The summed E-state index contributed by atoms with van der Waals surface area (Å²) < 4.78 is 26.3. The van der Waals surface area contributed by atoms with E-state index in [1.807, 2.05) is 6.92 Å². The lowest BCUT2D eigenvalue weighted by molar-refractivity contribution is 0.0608. The minimum absolute atomic E-state index is 0.0511. The first-order valence-corrected chi connectivity index (χ1v) is 6.26. The van der Waals surface area contributed by atoms with Crippen LogP contribution in [0, 0.1) is 11.6 Å². The third kappa shape index (κ3) is 4.61. The molecule has 0 fully saturated rings. The molecule has 0 aliphatic heterocycles. The van der Waals surface area contributed by atoms with Gasteiger partial charge in [-0.05, 0) is 31.5 Å². The molecule has 0 aliphatic carbocycles. The zero-order chi connectivity index (χ0) is 13.1. The van der Waals surface area contributed by atoms with Gasteiger partial charge in [0.1, 0.15) is 11.6 Å². The van der Waals surface area contributed by atoms with E-state index in [4.69, 9.17) is 5.73 Å². The van der Waals surface area contributed by atoms with E-state index in [9.17, 15) is 13.9 Å². The quantitative estimate of drug-likeness (QED) is 0.801. The predicted octanol–water partition coefficient (Wildman–Crippen LogP) is 2.55. The Morgan fingerprint density at radius 2 is 2.12 bits per heavy atom. The number of halogens is 2. The van der Waals surface area contributed by atoms with E-state index in [1.54, 1.807) is 6.92 Å². The topological polar surface area (TPSA) is 46.2 Å². The molecule has 2 unspecified atom stereocenters. The van der Waals surface area contributed by atoms with E-state index < -0.39 is 17.2 Å². The van der Waals surface area contributed by atoms with Gasteiger partial charge in [0, 0.05) is 16.7 Å². The number of hydrogen-bond donors (Lipinski definition) is 2. The SMILES string of the molecule is CC(CC(C)(O)CN)Sc1cc(F)ccc1F. The van der Waals surface area contributed by atoms with Crippen LogP contribution in [0.25, 0.3) is 0 Å². The van der Waals surface area contributed by atoms with Crippen LogP contribution in [0.3, 0.4) is 0 Å². The van der Waals surface area contributed by atoms with Gasteiger partial charge in [0.2, 0.25) is 0 Å². The molecule has 0 spiro atoms. The summed E-state index contributed by atoms with van der Waals surface area (Å²) in [6, 6.07) is 3.35.